The molecule has 3 aromatic rings. The van der Waals surface area contributed by atoms with Gasteiger partial charge in [-0.3, -0.25) is 4.79 Å². The van der Waals surface area contributed by atoms with Gasteiger partial charge in [-0.1, -0.05) is 23.9 Å². The van der Waals surface area contributed by atoms with Crippen LogP contribution in [0.4, 0.5) is 20.4 Å². The molecular formula is C19H22F2N6O3S. The van der Waals surface area contributed by atoms with E-state index in [1.54, 1.807) is 13.8 Å². The number of fused-ring (bicyclic) bond motifs is 1. The average Bonchev–Trinajstić information content (AvgIpc) is 2.73. The number of thioether (sulfide) groups is 1. The van der Waals surface area contributed by atoms with Gasteiger partial charge < -0.3 is 25.8 Å². The van der Waals surface area contributed by atoms with Gasteiger partial charge in [0.25, 0.3) is 5.56 Å². The lowest BCUT2D eigenvalue weighted by atomic mass is 10.2. The van der Waals surface area contributed by atoms with E-state index in [2.05, 4.69) is 30.6 Å². The average molecular weight is 452 g/mol. The number of hydrogen-bond donors (Lipinski definition) is 5. The number of anilines is 2. The van der Waals surface area contributed by atoms with Crippen molar-refractivity contribution in [2.75, 3.05) is 23.8 Å². The number of aliphatic hydroxyl groups is 2. The van der Waals surface area contributed by atoms with Crippen molar-refractivity contribution in [3.05, 3.63) is 45.8 Å². The Morgan fingerprint density at radius 2 is 1.97 bits per heavy atom. The highest BCUT2D eigenvalue weighted by atomic mass is 32.2. The van der Waals surface area contributed by atoms with Gasteiger partial charge in [-0.05, 0) is 19.9 Å². The third-order valence-corrected chi connectivity index (χ3v) is 5.04. The number of nitrogens with one attached hydrogen (secondary N) is 3. The Kier molecular flexibility index (Phi) is 7.36. The Hall–Kier alpha value is -2.83. The van der Waals surface area contributed by atoms with E-state index in [0.717, 1.165) is 17.8 Å². The minimum atomic E-state index is -0.942. The number of hydrogen-bond acceptors (Lipinski definition) is 9. The third kappa shape index (κ3) is 5.66. The highest BCUT2D eigenvalue weighted by Crippen LogP contribution is 2.26. The van der Waals surface area contributed by atoms with Crippen LogP contribution in [0.15, 0.2) is 28.2 Å². The monoisotopic (exact) mass is 452 g/mol. The number of rotatable bonds is 9. The summed E-state index contributed by atoms with van der Waals surface area (Å²) in [5, 5.41) is 24.8. The summed E-state index contributed by atoms with van der Waals surface area (Å²) < 4.78 is 27.4. The smallest absolute Gasteiger partial charge is 0.292 e. The van der Waals surface area contributed by atoms with Crippen LogP contribution >= 0.6 is 11.8 Å². The van der Waals surface area contributed by atoms with E-state index in [4.69, 9.17) is 0 Å². The first-order valence-electron chi connectivity index (χ1n) is 9.45. The van der Waals surface area contributed by atoms with Crippen LogP contribution in [0.2, 0.25) is 0 Å². The summed E-state index contributed by atoms with van der Waals surface area (Å²) >= 11 is 1.05. The van der Waals surface area contributed by atoms with E-state index in [0.29, 0.717) is 0 Å². The van der Waals surface area contributed by atoms with Crippen molar-refractivity contribution in [2.45, 2.75) is 36.9 Å². The number of aromatic amines is 1. The van der Waals surface area contributed by atoms with Gasteiger partial charge in [0.1, 0.15) is 0 Å². The lowest BCUT2D eigenvalue weighted by Crippen LogP contribution is -2.24. The van der Waals surface area contributed by atoms with Gasteiger partial charge in [-0.15, -0.1) is 0 Å². The van der Waals surface area contributed by atoms with Crippen LogP contribution in [-0.4, -0.2) is 55.4 Å². The molecule has 0 saturated carbocycles. The molecule has 1 aromatic carbocycles. The summed E-state index contributed by atoms with van der Waals surface area (Å²) in [5.74, 6) is -1.58. The molecular weight excluding hydrogens is 430 g/mol. The molecule has 3 rings (SSSR count). The minimum Gasteiger partial charge on any atom is -0.394 e. The standard InChI is InChI=1S/C19H22F2N6O3S/c1-9(7-28)23-15-14-16(25-18(30)17(24-14)22-6-10(2)29)27-19(26-15)31-8-11-4-3-5-12(20)13(11)21/h3-5,9-10,28-29H,6-8H2,1-2H3,(H,22,24)(H2,23,25,26,27,30)/t9-,10+/m1/s1. The lowest BCUT2D eigenvalue weighted by molar-refractivity contribution is 0.208. The van der Waals surface area contributed by atoms with Crippen LogP contribution in [0.25, 0.3) is 11.2 Å². The molecule has 0 spiro atoms. The largest absolute Gasteiger partial charge is 0.394 e. The van der Waals surface area contributed by atoms with Gasteiger partial charge in [0.2, 0.25) is 0 Å². The molecule has 5 N–H and O–H groups in total. The summed E-state index contributed by atoms with van der Waals surface area (Å²) in [4.78, 5) is 27.8. The van der Waals surface area contributed by atoms with Gasteiger partial charge in [0.05, 0.1) is 12.7 Å². The lowest BCUT2D eigenvalue weighted by Gasteiger charge is -2.15. The van der Waals surface area contributed by atoms with Crippen molar-refractivity contribution in [1.29, 1.82) is 0 Å². The number of nitrogens with zero attached hydrogens (tertiary/aromatic N) is 3. The predicted octanol–water partition coefficient (Wildman–Crippen LogP) is 1.87. The Balaban J connectivity index is 1.97. The first kappa shape index (κ1) is 22.8. The fourth-order valence-electron chi connectivity index (χ4n) is 2.57. The van der Waals surface area contributed by atoms with Crippen molar-refractivity contribution in [2.24, 2.45) is 0 Å². The normalized spacial score (nSPS) is 13.2. The number of H-pyrrole nitrogens is 1. The van der Waals surface area contributed by atoms with E-state index >= 15 is 0 Å². The molecule has 0 bridgehead atoms. The maximum Gasteiger partial charge on any atom is 0.292 e. The topological polar surface area (TPSA) is 136 Å². The fourth-order valence-corrected chi connectivity index (χ4v) is 3.39. The second kappa shape index (κ2) is 9.98. The van der Waals surface area contributed by atoms with Crippen LogP contribution in [0, 0.1) is 11.6 Å². The molecule has 0 aliphatic carbocycles. The summed E-state index contributed by atoms with van der Waals surface area (Å²) in [5.41, 5.74) is -0.0110. The molecule has 31 heavy (non-hydrogen) atoms. The van der Waals surface area contributed by atoms with Crippen LogP contribution in [0.1, 0.15) is 19.4 Å². The molecule has 0 fully saturated rings. The van der Waals surface area contributed by atoms with E-state index < -0.39 is 23.3 Å². The zero-order chi connectivity index (χ0) is 22.5. The molecule has 2 aromatic heterocycles. The zero-order valence-corrected chi connectivity index (χ0v) is 17.6. The van der Waals surface area contributed by atoms with Crippen molar-refractivity contribution in [3.8, 4) is 0 Å². The minimum absolute atomic E-state index is 0.0149. The summed E-state index contributed by atoms with van der Waals surface area (Å²) in [6.45, 7) is 3.22. The van der Waals surface area contributed by atoms with Gasteiger partial charge in [0.15, 0.2) is 39.6 Å². The van der Waals surface area contributed by atoms with Crippen LogP contribution in [0.3, 0.4) is 0 Å². The Morgan fingerprint density at radius 1 is 1.19 bits per heavy atom. The van der Waals surface area contributed by atoms with Crippen molar-refractivity contribution in [3.63, 3.8) is 0 Å². The second-order valence-corrected chi connectivity index (χ2v) is 7.87. The predicted molar refractivity (Wildman–Crippen MR) is 114 cm³/mol. The maximum absolute atomic E-state index is 13.9. The summed E-state index contributed by atoms with van der Waals surface area (Å²) in [7, 11) is 0. The van der Waals surface area contributed by atoms with E-state index in [1.165, 1.54) is 12.1 Å². The Morgan fingerprint density at radius 3 is 2.68 bits per heavy atom. The van der Waals surface area contributed by atoms with Gasteiger partial charge in [-0.2, -0.15) is 0 Å². The van der Waals surface area contributed by atoms with Crippen LogP contribution in [0.5, 0.6) is 0 Å². The zero-order valence-electron chi connectivity index (χ0n) is 16.8. The van der Waals surface area contributed by atoms with Crippen molar-refractivity contribution < 1.29 is 19.0 Å². The van der Waals surface area contributed by atoms with Crippen LogP contribution < -0.4 is 16.2 Å². The van der Waals surface area contributed by atoms with Crippen molar-refractivity contribution in [1.82, 2.24) is 19.9 Å². The molecule has 0 amide bonds. The number of aromatic nitrogens is 4. The highest BCUT2D eigenvalue weighted by molar-refractivity contribution is 7.98. The summed E-state index contributed by atoms with van der Waals surface area (Å²) in [6.07, 6.45) is -0.692. The third-order valence-electron chi connectivity index (χ3n) is 4.14. The van der Waals surface area contributed by atoms with E-state index in [9.17, 15) is 23.8 Å². The molecule has 12 heteroatoms. The number of halogens is 2. The number of benzene rings is 1. The Bertz CT molecular complexity index is 1130. The number of aliphatic hydroxyl groups excluding tert-OH is 2. The van der Waals surface area contributed by atoms with Crippen LogP contribution in [-0.2, 0) is 5.75 Å². The molecule has 2 heterocycles. The molecule has 0 aliphatic rings. The quantitative estimate of drug-likeness (QED) is 0.243. The van der Waals surface area contributed by atoms with E-state index in [1.807, 2.05) is 0 Å². The molecule has 0 saturated heterocycles. The maximum atomic E-state index is 13.9. The molecule has 0 aliphatic heterocycles. The molecule has 0 radical (unpaired) electrons. The fraction of sp³-hybridized carbons (Fsp3) is 0.368. The first-order valence-corrected chi connectivity index (χ1v) is 10.4. The summed E-state index contributed by atoms with van der Waals surface area (Å²) in [6, 6.07) is 3.53. The Labute approximate surface area is 180 Å². The van der Waals surface area contributed by atoms with Gasteiger partial charge in [-0.25, -0.2) is 23.7 Å². The molecule has 9 nitrogen and oxygen atoms in total. The molecule has 166 valence electrons. The highest BCUT2D eigenvalue weighted by Gasteiger charge is 2.16. The first-order chi connectivity index (χ1) is 14.8. The van der Waals surface area contributed by atoms with Crippen molar-refractivity contribution >= 4 is 34.6 Å². The molecule has 0 unspecified atom stereocenters. The van der Waals surface area contributed by atoms with E-state index in [-0.39, 0.29) is 58.5 Å². The van der Waals surface area contributed by atoms with Gasteiger partial charge >= 0.3 is 0 Å². The molecule has 2 atom stereocenters. The van der Waals surface area contributed by atoms with Gasteiger partial charge in [0, 0.05) is 23.9 Å². The SMILES string of the molecule is C[C@H](O)CNc1nc2c(N[C@H](C)CO)nc(SCc3cccc(F)c3F)nc2[nH]c1=O. The second-order valence-electron chi connectivity index (χ2n) is 6.93.